The minimum absolute atomic E-state index is 0.135. The summed E-state index contributed by atoms with van der Waals surface area (Å²) in [5.41, 5.74) is 0.333. The lowest BCUT2D eigenvalue weighted by atomic mass is 9.89. The van der Waals surface area contributed by atoms with Crippen molar-refractivity contribution in [3.8, 4) is 0 Å². The van der Waals surface area contributed by atoms with Crippen molar-refractivity contribution in [2.24, 2.45) is 10.8 Å². The number of carbonyl (C=O) groups excluding carboxylic acids is 1. The van der Waals surface area contributed by atoms with Crippen LogP contribution in [0.5, 0.6) is 0 Å². The molecule has 0 saturated carbocycles. The Labute approximate surface area is 81.5 Å². The van der Waals surface area contributed by atoms with Crippen LogP contribution in [0.2, 0.25) is 0 Å². The molecule has 1 rings (SSSR count). The maximum Gasteiger partial charge on any atom is 0.325 e. The molecule has 1 atom stereocenters. The number of rotatable bonds is 0. The summed E-state index contributed by atoms with van der Waals surface area (Å²) in [7, 11) is 0. The average Bonchev–Trinajstić information content (AvgIpc) is 2.28. The Bertz CT molecular complexity index is 245. The smallest absolute Gasteiger partial charge is 0.250 e. The van der Waals surface area contributed by atoms with E-state index in [1.54, 1.807) is 0 Å². The molecule has 0 aromatic heterocycles. The second-order valence-corrected chi connectivity index (χ2v) is 5.88. The van der Waals surface area contributed by atoms with Gasteiger partial charge < -0.3 is 0 Å². The van der Waals surface area contributed by atoms with E-state index in [4.69, 9.17) is 4.42 Å². The van der Waals surface area contributed by atoms with Crippen LogP contribution in [-0.2, 0) is 4.42 Å². The van der Waals surface area contributed by atoms with Gasteiger partial charge in [0.2, 0.25) is 0 Å². The van der Waals surface area contributed by atoms with Gasteiger partial charge in [0, 0.05) is 12.2 Å². The summed E-state index contributed by atoms with van der Waals surface area (Å²) in [6.07, 6.45) is 4.53. The first-order chi connectivity index (χ1) is 5.71. The molecule has 0 spiro atoms. The highest BCUT2D eigenvalue weighted by Crippen LogP contribution is 2.27. The highest BCUT2D eigenvalue weighted by atomic mass is 16.4. The van der Waals surface area contributed by atoms with Gasteiger partial charge in [-0.15, -0.1) is 0 Å². The van der Waals surface area contributed by atoms with Crippen molar-refractivity contribution in [2.45, 2.75) is 47.6 Å². The first kappa shape index (κ1) is 10.5. The van der Waals surface area contributed by atoms with E-state index < -0.39 is 0 Å². The van der Waals surface area contributed by atoms with E-state index in [1.807, 2.05) is 0 Å². The topological polar surface area (TPSA) is 11.3 Å². The molecule has 1 heteroatoms. The number of ketones is 1. The van der Waals surface area contributed by atoms with Crippen molar-refractivity contribution in [3.05, 3.63) is 12.2 Å². The Hall–Kier alpha value is -0.590. The summed E-state index contributed by atoms with van der Waals surface area (Å²) in [5, 5.41) is 0. The van der Waals surface area contributed by atoms with Gasteiger partial charge >= 0.3 is 5.78 Å². The predicted octanol–water partition coefficient (Wildman–Crippen LogP) is 3.12. The Balaban J connectivity index is 2.84. The molecule has 0 saturated heterocycles. The van der Waals surface area contributed by atoms with Gasteiger partial charge in [-0.2, -0.15) is 0 Å². The molecule has 0 aromatic rings. The summed E-state index contributed by atoms with van der Waals surface area (Å²) in [6, 6.07) is 0. The molecule has 0 N–H and O–H groups in total. The maximum atomic E-state index is 5.90. The number of hydrogen-bond acceptors (Lipinski definition) is 0. The van der Waals surface area contributed by atoms with Gasteiger partial charge in [-0.1, -0.05) is 20.8 Å². The van der Waals surface area contributed by atoms with Crippen LogP contribution in [0.15, 0.2) is 12.2 Å². The van der Waals surface area contributed by atoms with Crippen molar-refractivity contribution in [3.63, 3.8) is 0 Å². The maximum absolute atomic E-state index is 5.90. The fourth-order valence-electron chi connectivity index (χ4n) is 1.28. The SMILES string of the molecule is CC(C)(C)C1=[O+]C(C(C)(C)C)C=C1. The van der Waals surface area contributed by atoms with Crippen LogP contribution in [0, 0.1) is 10.8 Å². The zero-order chi connectivity index (χ0) is 10.3. The van der Waals surface area contributed by atoms with E-state index in [2.05, 4.69) is 53.7 Å². The van der Waals surface area contributed by atoms with Gasteiger partial charge in [-0.25, -0.2) is 0 Å². The predicted molar refractivity (Wildman–Crippen MR) is 56.8 cm³/mol. The molecule has 0 aromatic carbocycles. The first-order valence-corrected chi connectivity index (χ1v) is 4.93. The molecule has 1 nitrogen and oxygen atoms in total. The van der Waals surface area contributed by atoms with Crippen LogP contribution >= 0.6 is 0 Å². The summed E-state index contributed by atoms with van der Waals surface area (Å²) in [5.74, 6) is 1.10. The average molecular weight is 181 g/mol. The molecule has 0 fully saturated rings. The van der Waals surface area contributed by atoms with Crippen LogP contribution in [0.3, 0.4) is 0 Å². The zero-order valence-corrected chi connectivity index (χ0v) is 9.64. The molecular weight excluding hydrogens is 160 g/mol. The fourth-order valence-corrected chi connectivity index (χ4v) is 1.28. The molecule has 1 aliphatic rings. The fraction of sp³-hybridized carbons (Fsp3) is 0.750. The summed E-state index contributed by atoms with van der Waals surface area (Å²) >= 11 is 0. The number of allylic oxidation sites excluding steroid dienone is 1. The largest absolute Gasteiger partial charge is 0.325 e. The lowest BCUT2D eigenvalue weighted by Crippen LogP contribution is -2.26. The van der Waals surface area contributed by atoms with Crippen molar-refractivity contribution < 1.29 is 4.42 Å². The van der Waals surface area contributed by atoms with Crippen LogP contribution in [-0.4, -0.2) is 11.9 Å². The highest BCUT2D eigenvalue weighted by molar-refractivity contribution is 5.95. The standard InChI is InChI=1S/C12H21O/c1-11(2,3)9-7-8-10(13-9)12(4,5)6/h7-9H,1-6H3/q+1. The molecule has 74 valence electrons. The normalized spacial score (nSPS) is 23.5. The Morgan fingerprint density at radius 3 is 1.85 bits per heavy atom. The van der Waals surface area contributed by atoms with Crippen molar-refractivity contribution >= 4 is 5.78 Å². The van der Waals surface area contributed by atoms with Gasteiger partial charge in [0.15, 0.2) is 0 Å². The van der Waals surface area contributed by atoms with E-state index >= 15 is 0 Å². The highest BCUT2D eigenvalue weighted by Gasteiger charge is 2.40. The Morgan fingerprint density at radius 2 is 1.62 bits per heavy atom. The third-order valence-corrected chi connectivity index (χ3v) is 2.27. The lowest BCUT2D eigenvalue weighted by Gasteiger charge is -2.14. The Morgan fingerprint density at radius 1 is 1.08 bits per heavy atom. The molecule has 0 radical (unpaired) electrons. The molecule has 0 amide bonds. The van der Waals surface area contributed by atoms with Crippen LogP contribution in [0.4, 0.5) is 0 Å². The minimum Gasteiger partial charge on any atom is -0.250 e. The molecule has 1 aliphatic heterocycles. The molecule has 1 heterocycles. The Kier molecular flexibility index (Phi) is 2.40. The van der Waals surface area contributed by atoms with E-state index in [0.717, 1.165) is 5.78 Å². The van der Waals surface area contributed by atoms with E-state index in [0.29, 0.717) is 0 Å². The van der Waals surface area contributed by atoms with Gasteiger partial charge in [0.05, 0.1) is 10.8 Å². The molecule has 0 aliphatic carbocycles. The summed E-state index contributed by atoms with van der Waals surface area (Å²) < 4.78 is 5.90. The van der Waals surface area contributed by atoms with Crippen molar-refractivity contribution in [1.29, 1.82) is 0 Å². The third kappa shape index (κ3) is 2.43. The van der Waals surface area contributed by atoms with Crippen LogP contribution in [0.1, 0.15) is 41.5 Å². The van der Waals surface area contributed by atoms with Gasteiger partial charge in [0.1, 0.15) is 0 Å². The molecule has 13 heavy (non-hydrogen) atoms. The zero-order valence-electron chi connectivity index (χ0n) is 9.64. The van der Waals surface area contributed by atoms with Gasteiger partial charge in [-0.05, 0) is 20.8 Å². The van der Waals surface area contributed by atoms with Crippen LogP contribution in [0.25, 0.3) is 0 Å². The summed E-state index contributed by atoms with van der Waals surface area (Å²) in [6.45, 7) is 13.1. The second kappa shape index (κ2) is 2.97. The quantitative estimate of drug-likeness (QED) is 0.509. The van der Waals surface area contributed by atoms with Gasteiger partial charge in [0.25, 0.3) is 6.10 Å². The van der Waals surface area contributed by atoms with Crippen molar-refractivity contribution in [1.82, 2.24) is 0 Å². The third-order valence-electron chi connectivity index (χ3n) is 2.27. The molecule has 1 unspecified atom stereocenters. The lowest BCUT2D eigenvalue weighted by molar-refractivity contribution is -0.505. The monoisotopic (exact) mass is 181 g/mol. The first-order valence-electron chi connectivity index (χ1n) is 4.93. The van der Waals surface area contributed by atoms with E-state index in [-0.39, 0.29) is 16.9 Å². The summed E-state index contributed by atoms with van der Waals surface area (Å²) in [4.78, 5) is 0. The van der Waals surface area contributed by atoms with Crippen LogP contribution < -0.4 is 0 Å². The van der Waals surface area contributed by atoms with E-state index in [1.165, 1.54) is 0 Å². The minimum atomic E-state index is 0.135. The second-order valence-electron chi connectivity index (χ2n) is 5.88. The number of hydrogen-bond donors (Lipinski definition) is 0. The molecule has 0 bridgehead atoms. The van der Waals surface area contributed by atoms with Crippen molar-refractivity contribution in [2.75, 3.05) is 0 Å². The molecular formula is C12H21O+. The van der Waals surface area contributed by atoms with Gasteiger partial charge in [-0.3, -0.25) is 4.42 Å². The van der Waals surface area contributed by atoms with E-state index in [9.17, 15) is 0 Å².